The van der Waals surface area contributed by atoms with E-state index in [0.29, 0.717) is 11.8 Å². The number of para-hydroxylation sites is 1. The van der Waals surface area contributed by atoms with Crippen LogP contribution in [0.15, 0.2) is 52.9 Å². The van der Waals surface area contributed by atoms with Crippen molar-refractivity contribution in [2.75, 3.05) is 25.4 Å². The molecular formula is C24H29FN2S2. The maximum absolute atomic E-state index is 13.4. The molecule has 3 aromatic rings. The zero-order chi connectivity index (χ0) is 20.1. The first-order chi connectivity index (χ1) is 14.2. The molecule has 1 aliphatic rings. The Kier molecular flexibility index (Phi) is 7.22. The topological polar surface area (TPSA) is 16.1 Å². The highest BCUT2D eigenvalue weighted by molar-refractivity contribution is 8.01. The van der Waals surface area contributed by atoms with E-state index in [1.807, 2.05) is 23.9 Å². The van der Waals surface area contributed by atoms with Crippen molar-refractivity contribution in [3.63, 3.8) is 0 Å². The van der Waals surface area contributed by atoms with E-state index in [1.165, 1.54) is 36.1 Å². The summed E-state index contributed by atoms with van der Waals surface area (Å²) in [5.74, 6) is 1.98. The van der Waals surface area contributed by atoms with Crippen molar-refractivity contribution in [3.05, 3.63) is 59.9 Å². The summed E-state index contributed by atoms with van der Waals surface area (Å²) in [6.07, 6.45) is 5.02. The Hall–Kier alpha value is -1.43. The fraction of sp³-hybridized carbons (Fsp3) is 0.458. The lowest BCUT2D eigenvalue weighted by molar-refractivity contribution is 0.163. The van der Waals surface area contributed by atoms with Crippen LogP contribution in [-0.4, -0.2) is 35.3 Å². The third kappa shape index (κ3) is 5.39. The van der Waals surface area contributed by atoms with Gasteiger partial charge in [0.25, 0.3) is 0 Å². The molecule has 1 saturated heterocycles. The summed E-state index contributed by atoms with van der Waals surface area (Å²) in [5, 5.41) is 0. The van der Waals surface area contributed by atoms with Gasteiger partial charge in [-0.25, -0.2) is 9.37 Å². The molecule has 154 valence electrons. The number of halogens is 1. The quantitative estimate of drug-likeness (QED) is 0.289. The number of rotatable bonds is 8. The fourth-order valence-electron chi connectivity index (χ4n) is 4.30. The second-order valence-electron chi connectivity index (χ2n) is 7.97. The number of hydrogen-bond donors (Lipinski definition) is 0. The minimum absolute atomic E-state index is 0.147. The first-order valence-electron chi connectivity index (χ1n) is 10.7. The van der Waals surface area contributed by atoms with E-state index in [1.54, 1.807) is 23.5 Å². The molecule has 0 spiro atoms. The van der Waals surface area contributed by atoms with Crippen molar-refractivity contribution in [1.82, 2.24) is 9.88 Å². The molecule has 2 atom stereocenters. The number of thioether (sulfide) groups is 1. The van der Waals surface area contributed by atoms with Crippen LogP contribution in [0.25, 0.3) is 10.2 Å². The molecule has 0 unspecified atom stereocenters. The summed E-state index contributed by atoms with van der Waals surface area (Å²) in [6, 6.07) is 15.6. The Morgan fingerprint density at radius 3 is 2.76 bits per heavy atom. The predicted octanol–water partition coefficient (Wildman–Crippen LogP) is 6.82. The van der Waals surface area contributed by atoms with Gasteiger partial charge in [0.05, 0.1) is 10.2 Å². The molecule has 1 aromatic heterocycles. The molecule has 0 amide bonds. The van der Waals surface area contributed by atoms with Gasteiger partial charge in [0, 0.05) is 12.3 Å². The number of unbranched alkanes of at least 4 members (excludes halogenated alkanes) is 2. The van der Waals surface area contributed by atoms with Gasteiger partial charge < -0.3 is 4.90 Å². The van der Waals surface area contributed by atoms with Gasteiger partial charge in [0.15, 0.2) is 4.34 Å². The number of fused-ring (bicyclic) bond motifs is 1. The van der Waals surface area contributed by atoms with Gasteiger partial charge in [-0.2, -0.15) is 0 Å². The summed E-state index contributed by atoms with van der Waals surface area (Å²) in [7, 11) is 0. The molecule has 2 heterocycles. The van der Waals surface area contributed by atoms with E-state index in [4.69, 9.17) is 4.98 Å². The summed E-state index contributed by atoms with van der Waals surface area (Å²) >= 11 is 3.68. The van der Waals surface area contributed by atoms with Crippen molar-refractivity contribution in [2.45, 2.75) is 42.9 Å². The van der Waals surface area contributed by atoms with E-state index >= 15 is 0 Å². The Labute approximate surface area is 181 Å². The van der Waals surface area contributed by atoms with E-state index in [2.05, 4.69) is 36.1 Å². The molecule has 0 saturated carbocycles. The van der Waals surface area contributed by atoms with Crippen LogP contribution in [0.1, 0.15) is 44.1 Å². The Balaban J connectivity index is 1.46. The third-order valence-electron chi connectivity index (χ3n) is 5.89. The summed E-state index contributed by atoms with van der Waals surface area (Å²) < 4.78 is 15.9. The normalized spacial score (nSPS) is 20.3. The average molecular weight is 429 g/mol. The van der Waals surface area contributed by atoms with Crippen LogP contribution < -0.4 is 0 Å². The second kappa shape index (κ2) is 10.1. The van der Waals surface area contributed by atoms with Gasteiger partial charge in [-0.15, -0.1) is 11.3 Å². The van der Waals surface area contributed by atoms with Gasteiger partial charge in [0.2, 0.25) is 0 Å². The van der Waals surface area contributed by atoms with Crippen molar-refractivity contribution >= 4 is 33.3 Å². The van der Waals surface area contributed by atoms with E-state index in [0.717, 1.165) is 35.1 Å². The number of piperidine rings is 1. The fourth-order valence-corrected chi connectivity index (χ4v) is 6.57. The Morgan fingerprint density at radius 1 is 1.14 bits per heavy atom. The van der Waals surface area contributed by atoms with Crippen molar-refractivity contribution in [2.24, 2.45) is 5.92 Å². The second-order valence-corrected chi connectivity index (χ2v) is 10.3. The predicted molar refractivity (Wildman–Crippen MR) is 124 cm³/mol. The molecule has 2 nitrogen and oxygen atoms in total. The lowest BCUT2D eigenvalue weighted by atomic mass is 9.81. The molecule has 1 fully saturated rings. The van der Waals surface area contributed by atoms with Crippen molar-refractivity contribution < 1.29 is 4.39 Å². The molecule has 29 heavy (non-hydrogen) atoms. The first kappa shape index (κ1) is 20.8. The van der Waals surface area contributed by atoms with Gasteiger partial charge in [-0.3, -0.25) is 0 Å². The van der Waals surface area contributed by atoms with Crippen LogP contribution in [0.3, 0.4) is 0 Å². The first-order valence-corrected chi connectivity index (χ1v) is 12.5. The highest BCUT2D eigenvalue weighted by Crippen LogP contribution is 2.38. The summed E-state index contributed by atoms with van der Waals surface area (Å²) in [6.45, 7) is 5.74. The molecule has 0 N–H and O–H groups in total. The standard InChI is InChI=1S/C24H29FN2S2/c1-2-3-6-14-27-15-13-21(18-9-11-20(25)12-10-18)19(16-27)17-28-24-26-22-7-4-5-8-23(22)29-24/h4-5,7-12,19,21H,2-3,6,13-17H2,1H3/t19-,21-/m1/s1. The smallest absolute Gasteiger partial charge is 0.151 e. The number of thiazole rings is 1. The SMILES string of the molecule is CCCCCN1CC[C@H](c2ccc(F)cc2)[C@@H](CSc2nc3ccccc3s2)C1. The van der Waals surface area contributed by atoms with Crippen LogP contribution in [0.2, 0.25) is 0 Å². The van der Waals surface area contributed by atoms with Crippen LogP contribution in [0.5, 0.6) is 0 Å². The molecule has 0 bridgehead atoms. The number of nitrogens with zero attached hydrogens (tertiary/aromatic N) is 2. The van der Waals surface area contributed by atoms with E-state index < -0.39 is 0 Å². The molecule has 2 aromatic carbocycles. The Morgan fingerprint density at radius 2 is 1.97 bits per heavy atom. The lowest BCUT2D eigenvalue weighted by Crippen LogP contribution is -2.41. The molecular weight excluding hydrogens is 399 g/mol. The minimum Gasteiger partial charge on any atom is -0.303 e. The van der Waals surface area contributed by atoms with Gasteiger partial charge in [-0.1, -0.05) is 55.8 Å². The number of benzene rings is 2. The number of aromatic nitrogens is 1. The molecule has 1 aliphatic heterocycles. The van der Waals surface area contributed by atoms with E-state index in [9.17, 15) is 4.39 Å². The summed E-state index contributed by atoms with van der Waals surface area (Å²) in [4.78, 5) is 7.44. The molecule has 0 aliphatic carbocycles. The molecule has 0 radical (unpaired) electrons. The zero-order valence-electron chi connectivity index (χ0n) is 17.0. The molecule has 4 rings (SSSR count). The van der Waals surface area contributed by atoms with E-state index in [-0.39, 0.29) is 5.82 Å². The number of likely N-dealkylation sites (tertiary alicyclic amines) is 1. The van der Waals surface area contributed by atoms with Crippen LogP contribution in [-0.2, 0) is 0 Å². The average Bonchev–Trinajstić information content (AvgIpc) is 3.16. The van der Waals surface area contributed by atoms with Gasteiger partial charge in [-0.05, 0) is 67.6 Å². The Bertz CT molecular complexity index is 876. The highest BCUT2D eigenvalue weighted by Gasteiger charge is 2.30. The third-order valence-corrected chi connectivity index (χ3v) is 8.26. The lowest BCUT2D eigenvalue weighted by Gasteiger charge is -2.39. The highest BCUT2D eigenvalue weighted by atomic mass is 32.2. The zero-order valence-corrected chi connectivity index (χ0v) is 18.7. The van der Waals surface area contributed by atoms with Crippen LogP contribution in [0.4, 0.5) is 4.39 Å². The number of hydrogen-bond acceptors (Lipinski definition) is 4. The monoisotopic (exact) mass is 428 g/mol. The van der Waals surface area contributed by atoms with Crippen molar-refractivity contribution in [3.8, 4) is 0 Å². The largest absolute Gasteiger partial charge is 0.303 e. The van der Waals surface area contributed by atoms with Crippen LogP contribution >= 0.6 is 23.1 Å². The molecule has 5 heteroatoms. The maximum Gasteiger partial charge on any atom is 0.151 e. The van der Waals surface area contributed by atoms with Gasteiger partial charge in [0.1, 0.15) is 5.82 Å². The minimum atomic E-state index is -0.147. The van der Waals surface area contributed by atoms with Crippen molar-refractivity contribution in [1.29, 1.82) is 0 Å². The maximum atomic E-state index is 13.4. The van der Waals surface area contributed by atoms with Crippen LogP contribution in [0, 0.1) is 11.7 Å². The summed E-state index contributed by atoms with van der Waals surface area (Å²) in [5.41, 5.74) is 2.38. The van der Waals surface area contributed by atoms with Gasteiger partial charge >= 0.3 is 0 Å².